The lowest BCUT2D eigenvalue weighted by Crippen LogP contribution is -2.56. The second-order valence-electron chi connectivity index (χ2n) is 8.67. The lowest BCUT2D eigenvalue weighted by atomic mass is 9.95. The van der Waals surface area contributed by atoms with Crippen molar-refractivity contribution in [3.63, 3.8) is 0 Å². The summed E-state index contributed by atoms with van der Waals surface area (Å²) in [7, 11) is 0. The highest BCUT2D eigenvalue weighted by atomic mass is 32.1. The van der Waals surface area contributed by atoms with Gasteiger partial charge in [-0.25, -0.2) is 4.98 Å². The maximum Gasteiger partial charge on any atom is 0.253 e. The van der Waals surface area contributed by atoms with Crippen LogP contribution in [-0.4, -0.2) is 59.8 Å². The van der Waals surface area contributed by atoms with Crippen molar-refractivity contribution in [2.75, 3.05) is 41.3 Å². The van der Waals surface area contributed by atoms with E-state index in [4.69, 9.17) is 0 Å². The Kier molecular flexibility index (Phi) is 5.58. The summed E-state index contributed by atoms with van der Waals surface area (Å²) < 4.78 is 0. The zero-order chi connectivity index (χ0) is 22.2. The van der Waals surface area contributed by atoms with Crippen molar-refractivity contribution < 1.29 is 14.4 Å². The number of piperidine rings is 1. The molecule has 1 N–H and O–H groups in total. The van der Waals surface area contributed by atoms with Gasteiger partial charge in [0.2, 0.25) is 11.8 Å². The van der Waals surface area contributed by atoms with E-state index in [-0.39, 0.29) is 30.3 Å². The van der Waals surface area contributed by atoms with Crippen molar-refractivity contribution in [2.45, 2.75) is 45.1 Å². The fourth-order valence-electron chi connectivity index (χ4n) is 4.87. The van der Waals surface area contributed by atoms with Gasteiger partial charge < -0.3 is 15.1 Å². The summed E-state index contributed by atoms with van der Waals surface area (Å²) in [6.07, 6.45) is 4.84. The van der Waals surface area contributed by atoms with Gasteiger partial charge in [-0.1, -0.05) is 0 Å². The number of thiazole rings is 1. The van der Waals surface area contributed by atoms with Crippen LogP contribution in [0, 0.1) is 6.92 Å². The molecule has 3 aliphatic heterocycles. The zero-order valence-electron chi connectivity index (χ0n) is 18.2. The van der Waals surface area contributed by atoms with Gasteiger partial charge in [-0.3, -0.25) is 19.3 Å². The largest absolute Gasteiger partial charge is 0.358 e. The molecule has 0 bridgehead atoms. The zero-order valence-corrected chi connectivity index (χ0v) is 19.0. The molecule has 2 saturated heterocycles. The van der Waals surface area contributed by atoms with Gasteiger partial charge in [0.1, 0.15) is 12.6 Å². The minimum Gasteiger partial charge on any atom is -0.358 e. The average Bonchev–Trinajstić information content (AvgIpc) is 3.48. The first-order valence-electron chi connectivity index (χ1n) is 11.2. The van der Waals surface area contributed by atoms with Crippen molar-refractivity contribution in [2.24, 2.45) is 0 Å². The number of carbonyl (C=O) groups is 3. The molecule has 1 aromatic heterocycles. The van der Waals surface area contributed by atoms with E-state index in [2.05, 4.69) is 15.2 Å². The maximum atomic E-state index is 13.4. The number of carbonyl (C=O) groups excluding carboxylic acids is 3. The number of fused-ring (bicyclic) bond motifs is 3. The first kappa shape index (κ1) is 20.9. The number of hydrogen-bond donors (Lipinski definition) is 1. The number of likely N-dealkylation sites (tertiary alicyclic amines) is 1. The summed E-state index contributed by atoms with van der Waals surface area (Å²) in [5.41, 5.74) is 2.97. The van der Waals surface area contributed by atoms with Crippen LogP contribution in [0.5, 0.6) is 0 Å². The van der Waals surface area contributed by atoms with E-state index in [9.17, 15) is 14.4 Å². The number of aryl methyl sites for hydroxylation is 1. The number of aromatic nitrogens is 1. The van der Waals surface area contributed by atoms with Crippen LogP contribution in [0.3, 0.4) is 0 Å². The lowest BCUT2D eigenvalue weighted by molar-refractivity contribution is -0.123. The molecule has 1 atom stereocenters. The molecule has 0 aliphatic carbocycles. The van der Waals surface area contributed by atoms with E-state index in [0.29, 0.717) is 16.4 Å². The number of rotatable bonds is 4. The second kappa shape index (κ2) is 8.54. The van der Waals surface area contributed by atoms with Crippen LogP contribution in [0.1, 0.15) is 48.2 Å². The van der Waals surface area contributed by atoms with Crippen LogP contribution in [-0.2, 0) is 9.59 Å². The molecule has 5 rings (SSSR count). The van der Waals surface area contributed by atoms with Gasteiger partial charge in [0, 0.05) is 30.6 Å². The van der Waals surface area contributed by atoms with Gasteiger partial charge in [-0.05, 0) is 57.2 Å². The SMILES string of the molecule is Cc1csc(NC(=O)CN2C(=O)[C@H]3CCCCN3c3ccc(C(=O)N4CCCC4)cc32)n1. The smallest absolute Gasteiger partial charge is 0.253 e. The van der Waals surface area contributed by atoms with Crippen molar-refractivity contribution in [3.05, 3.63) is 34.8 Å². The number of nitrogens with one attached hydrogen (secondary N) is 1. The Morgan fingerprint density at radius 3 is 2.66 bits per heavy atom. The third-order valence-electron chi connectivity index (χ3n) is 6.44. The Labute approximate surface area is 191 Å². The van der Waals surface area contributed by atoms with Gasteiger partial charge in [0.05, 0.1) is 17.1 Å². The standard InChI is InChI=1S/C23H27N5O3S/c1-15-14-32-23(24-15)25-20(29)13-28-19-12-16(21(30)26-9-4-5-10-26)7-8-17(19)27-11-3-2-6-18(27)22(28)31/h7-8,12,14,18H,2-6,9-11,13H2,1H3,(H,24,25,29)/t18-/m1/s1. The van der Waals surface area contributed by atoms with Crippen molar-refractivity contribution >= 4 is 45.6 Å². The summed E-state index contributed by atoms with van der Waals surface area (Å²) in [5.74, 6) is -0.381. The molecule has 9 heteroatoms. The molecule has 32 heavy (non-hydrogen) atoms. The molecule has 0 spiro atoms. The molecule has 3 aliphatic rings. The fraction of sp³-hybridized carbons (Fsp3) is 0.478. The fourth-order valence-corrected chi connectivity index (χ4v) is 5.57. The quantitative estimate of drug-likeness (QED) is 0.769. The van der Waals surface area contributed by atoms with E-state index in [1.807, 2.05) is 29.3 Å². The molecule has 3 amide bonds. The van der Waals surface area contributed by atoms with Crippen LogP contribution >= 0.6 is 11.3 Å². The van der Waals surface area contributed by atoms with Gasteiger partial charge in [-0.2, -0.15) is 0 Å². The summed E-state index contributed by atoms with van der Waals surface area (Å²) in [4.78, 5) is 49.1. The van der Waals surface area contributed by atoms with E-state index in [1.54, 1.807) is 11.0 Å². The topological polar surface area (TPSA) is 85.8 Å². The number of nitrogens with zero attached hydrogens (tertiary/aromatic N) is 4. The van der Waals surface area contributed by atoms with Gasteiger partial charge >= 0.3 is 0 Å². The Morgan fingerprint density at radius 1 is 1.12 bits per heavy atom. The van der Waals surface area contributed by atoms with Crippen LogP contribution in [0.4, 0.5) is 16.5 Å². The summed E-state index contributed by atoms with van der Waals surface area (Å²) >= 11 is 1.36. The normalized spacial score (nSPS) is 20.2. The van der Waals surface area contributed by atoms with E-state index < -0.39 is 0 Å². The summed E-state index contributed by atoms with van der Waals surface area (Å²) in [6.45, 7) is 4.11. The third kappa shape index (κ3) is 3.85. The summed E-state index contributed by atoms with van der Waals surface area (Å²) in [5, 5.41) is 5.19. The van der Waals surface area contributed by atoms with Crippen molar-refractivity contribution in [1.29, 1.82) is 0 Å². The van der Waals surface area contributed by atoms with Crippen LogP contribution in [0.25, 0.3) is 0 Å². The molecule has 8 nitrogen and oxygen atoms in total. The first-order valence-corrected chi connectivity index (χ1v) is 12.1. The predicted octanol–water partition coefficient (Wildman–Crippen LogP) is 3.03. The molecule has 168 valence electrons. The molecule has 1 aromatic carbocycles. The van der Waals surface area contributed by atoms with E-state index in [0.717, 1.165) is 63.1 Å². The minimum atomic E-state index is -0.292. The van der Waals surface area contributed by atoms with Crippen LogP contribution in [0.2, 0.25) is 0 Å². The molecular formula is C23H27N5O3S. The number of amides is 3. The van der Waals surface area contributed by atoms with Crippen LogP contribution < -0.4 is 15.1 Å². The molecule has 0 saturated carbocycles. The van der Waals surface area contributed by atoms with E-state index >= 15 is 0 Å². The second-order valence-corrected chi connectivity index (χ2v) is 9.53. The molecule has 2 aromatic rings. The average molecular weight is 454 g/mol. The number of benzene rings is 1. The molecular weight excluding hydrogens is 426 g/mol. The van der Waals surface area contributed by atoms with E-state index in [1.165, 1.54) is 11.3 Å². The van der Waals surface area contributed by atoms with Crippen molar-refractivity contribution in [3.8, 4) is 0 Å². The van der Waals surface area contributed by atoms with Gasteiger partial charge in [0.15, 0.2) is 5.13 Å². The maximum absolute atomic E-state index is 13.4. The highest BCUT2D eigenvalue weighted by Crippen LogP contribution is 2.40. The Bertz CT molecular complexity index is 1060. The first-order chi connectivity index (χ1) is 15.5. The monoisotopic (exact) mass is 453 g/mol. The molecule has 0 radical (unpaired) electrons. The lowest BCUT2D eigenvalue weighted by Gasteiger charge is -2.45. The Balaban J connectivity index is 1.46. The highest BCUT2D eigenvalue weighted by Gasteiger charge is 2.40. The van der Waals surface area contributed by atoms with Gasteiger partial charge in [0.25, 0.3) is 5.91 Å². The third-order valence-corrected chi connectivity index (χ3v) is 7.31. The van der Waals surface area contributed by atoms with Crippen LogP contribution in [0.15, 0.2) is 23.6 Å². The molecule has 4 heterocycles. The number of hydrogen-bond acceptors (Lipinski definition) is 6. The minimum absolute atomic E-state index is 0.0128. The Hall–Kier alpha value is -2.94. The molecule has 2 fully saturated rings. The van der Waals surface area contributed by atoms with Crippen molar-refractivity contribution in [1.82, 2.24) is 9.88 Å². The summed E-state index contributed by atoms with van der Waals surface area (Å²) in [6, 6.07) is 5.33. The Morgan fingerprint density at radius 2 is 1.91 bits per heavy atom. The highest BCUT2D eigenvalue weighted by molar-refractivity contribution is 7.13. The number of anilines is 3. The predicted molar refractivity (Wildman–Crippen MR) is 124 cm³/mol. The molecule has 0 unspecified atom stereocenters. The van der Waals surface area contributed by atoms with Gasteiger partial charge in [-0.15, -0.1) is 11.3 Å².